The number of hydrogen-bond acceptors (Lipinski definition) is 2. The van der Waals surface area contributed by atoms with Gasteiger partial charge in [0.25, 0.3) is 0 Å². The van der Waals surface area contributed by atoms with E-state index in [9.17, 15) is 0 Å². The third kappa shape index (κ3) is 5.85. The van der Waals surface area contributed by atoms with Gasteiger partial charge in [0.05, 0.1) is 0 Å². The first kappa shape index (κ1) is 14.2. The van der Waals surface area contributed by atoms with Gasteiger partial charge >= 0.3 is 0 Å². The third-order valence-corrected chi connectivity index (χ3v) is 3.08. The van der Waals surface area contributed by atoms with Crippen molar-refractivity contribution >= 4 is 0 Å². The van der Waals surface area contributed by atoms with E-state index in [4.69, 9.17) is 5.11 Å². The zero-order valence-corrected chi connectivity index (χ0v) is 11.3. The number of rotatable bonds is 7. The molecule has 17 heavy (non-hydrogen) atoms. The normalized spacial score (nSPS) is 11.8. The van der Waals surface area contributed by atoms with Crippen molar-refractivity contribution in [3.05, 3.63) is 35.4 Å². The van der Waals surface area contributed by atoms with Crippen LogP contribution in [-0.2, 0) is 6.54 Å². The second-order valence-corrected chi connectivity index (χ2v) is 5.59. The van der Waals surface area contributed by atoms with Gasteiger partial charge in [-0.3, -0.25) is 0 Å². The minimum atomic E-state index is 0.0611. The highest BCUT2D eigenvalue weighted by atomic mass is 16.3. The van der Waals surface area contributed by atoms with E-state index in [-0.39, 0.29) is 12.0 Å². The molecule has 1 rings (SSSR count). The lowest BCUT2D eigenvalue weighted by Crippen LogP contribution is -2.20. The van der Waals surface area contributed by atoms with Crippen LogP contribution in [0.3, 0.4) is 0 Å². The molecule has 1 aromatic rings. The summed E-state index contributed by atoms with van der Waals surface area (Å²) in [5.74, 6) is 0. The molecule has 0 saturated heterocycles. The molecular weight excluding hydrogens is 210 g/mol. The van der Waals surface area contributed by atoms with Crippen molar-refractivity contribution in [2.45, 2.75) is 40.2 Å². The predicted octanol–water partition coefficient (Wildman–Crippen LogP) is 2.88. The number of nitrogens with one attached hydrogen (secondary N) is 1. The standard InChI is InChI=1S/C15H25NO/c1-13-5-7-14(8-6-13)11-16-10-4-9-15(2,3)12-17/h5-8,16-17H,4,9-12H2,1-3H3. The Kier molecular flexibility index (Phi) is 5.66. The molecule has 0 saturated carbocycles. The van der Waals surface area contributed by atoms with Crippen LogP contribution in [0.4, 0.5) is 0 Å². The number of benzene rings is 1. The van der Waals surface area contributed by atoms with Crippen LogP contribution in [0.15, 0.2) is 24.3 Å². The maximum Gasteiger partial charge on any atom is 0.0482 e. The van der Waals surface area contributed by atoms with Crippen LogP contribution in [0.1, 0.15) is 37.8 Å². The lowest BCUT2D eigenvalue weighted by Gasteiger charge is -2.21. The van der Waals surface area contributed by atoms with Gasteiger partial charge in [-0.2, -0.15) is 0 Å². The van der Waals surface area contributed by atoms with Gasteiger partial charge in [0, 0.05) is 13.2 Å². The Bertz CT molecular complexity index is 316. The molecule has 0 atom stereocenters. The van der Waals surface area contributed by atoms with Crippen molar-refractivity contribution in [3.8, 4) is 0 Å². The zero-order chi connectivity index (χ0) is 12.7. The molecule has 0 heterocycles. The van der Waals surface area contributed by atoms with Crippen LogP contribution in [0.25, 0.3) is 0 Å². The van der Waals surface area contributed by atoms with Crippen molar-refractivity contribution in [2.75, 3.05) is 13.2 Å². The Morgan fingerprint density at radius 2 is 1.82 bits per heavy atom. The summed E-state index contributed by atoms with van der Waals surface area (Å²) in [6.45, 7) is 8.52. The van der Waals surface area contributed by atoms with E-state index in [0.717, 1.165) is 25.9 Å². The van der Waals surface area contributed by atoms with Crippen LogP contribution < -0.4 is 5.32 Å². The lowest BCUT2D eigenvalue weighted by molar-refractivity contribution is 0.148. The summed E-state index contributed by atoms with van der Waals surface area (Å²) in [7, 11) is 0. The molecule has 0 amide bonds. The molecule has 2 nitrogen and oxygen atoms in total. The van der Waals surface area contributed by atoms with Crippen molar-refractivity contribution in [1.29, 1.82) is 0 Å². The van der Waals surface area contributed by atoms with Crippen LogP contribution in [0, 0.1) is 12.3 Å². The Balaban J connectivity index is 2.14. The maximum absolute atomic E-state index is 9.13. The van der Waals surface area contributed by atoms with Gasteiger partial charge in [-0.15, -0.1) is 0 Å². The first-order valence-corrected chi connectivity index (χ1v) is 6.41. The fourth-order valence-corrected chi connectivity index (χ4v) is 1.71. The quantitative estimate of drug-likeness (QED) is 0.712. The molecule has 0 aliphatic heterocycles. The minimum absolute atomic E-state index is 0.0611. The second kappa shape index (κ2) is 6.77. The zero-order valence-electron chi connectivity index (χ0n) is 11.3. The Morgan fingerprint density at radius 1 is 1.18 bits per heavy atom. The number of aliphatic hydroxyl groups excluding tert-OH is 1. The summed E-state index contributed by atoms with van der Waals surface area (Å²) < 4.78 is 0. The summed E-state index contributed by atoms with van der Waals surface area (Å²) in [5.41, 5.74) is 2.70. The minimum Gasteiger partial charge on any atom is -0.396 e. The molecule has 0 aliphatic rings. The van der Waals surface area contributed by atoms with Crippen LogP contribution in [0.5, 0.6) is 0 Å². The molecule has 0 spiro atoms. The van der Waals surface area contributed by atoms with Gasteiger partial charge in [0.2, 0.25) is 0 Å². The van der Waals surface area contributed by atoms with Crippen molar-refractivity contribution in [2.24, 2.45) is 5.41 Å². The summed E-state index contributed by atoms with van der Waals surface area (Å²) in [6, 6.07) is 8.62. The van der Waals surface area contributed by atoms with Gasteiger partial charge in [0.15, 0.2) is 0 Å². The molecule has 0 bridgehead atoms. The van der Waals surface area contributed by atoms with Crippen LogP contribution in [0.2, 0.25) is 0 Å². The van der Waals surface area contributed by atoms with E-state index >= 15 is 0 Å². The molecule has 0 aliphatic carbocycles. The highest BCUT2D eigenvalue weighted by Gasteiger charge is 2.14. The largest absolute Gasteiger partial charge is 0.396 e. The molecule has 2 N–H and O–H groups in total. The summed E-state index contributed by atoms with van der Waals surface area (Å²) in [6.07, 6.45) is 2.17. The van der Waals surface area contributed by atoms with Gasteiger partial charge < -0.3 is 10.4 Å². The third-order valence-electron chi connectivity index (χ3n) is 3.08. The molecule has 0 radical (unpaired) electrons. The van der Waals surface area contributed by atoms with E-state index in [1.165, 1.54) is 11.1 Å². The average Bonchev–Trinajstić information content (AvgIpc) is 2.31. The fraction of sp³-hybridized carbons (Fsp3) is 0.600. The first-order chi connectivity index (χ1) is 8.03. The maximum atomic E-state index is 9.13. The van der Waals surface area contributed by atoms with E-state index in [0.29, 0.717) is 0 Å². The highest BCUT2D eigenvalue weighted by molar-refractivity contribution is 5.20. The second-order valence-electron chi connectivity index (χ2n) is 5.59. The van der Waals surface area contributed by atoms with Gasteiger partial charge in [-0.25, -0.2) is 0 Å². The number of aryl methyl sites for hydroxylation is 1. The van der Waals surface area contributed by atoms with Gasteiger partial charge in [0.1, 0.15) is 0 Å². The molecular formula is C15H25NO. The molecule has 1 aromatic carbocycles. The molecule has 0 aromatic heterocycles. The van der Waals surface area contributed by atoms with E-state index in [1.54, 1.807) is 0 Å². The molecule has 0 fully saturated rings. The summed E-state index contributed by atoms with van der Waals surface area (Å²) in [5, 5.41) is 12.6. The highest BCUT2D eigenvalue weighted by Crippen LogP contribution is 2.20. The predicted molar refractivity (Wildman–Crippen MR) is 73.0 cm³/mol. The Labute approximate surface area is 105 Å². The smallest absolute Gasteiger partial charge is 0.0482 e. The van der Waals surface area contributed by atoms with Crippen LogP contribution in [-0.4, -0.2) is 18.3 Å². The first-order valence-electron chi connectivity index (χ1n) is 6.41. The number of aliphatic hydroxyl groups is 1. The molecule has 96 valence electrons. The number of hydrogen-bond donors (Lipinski definition) is 2. The van der Waals surface area contributed by atoms with Gasteiger partial charge in [-0.05, 0) is 37.3 Å². The SMILES string of the molecule is Cc1ccc(CNCCCC(C)(C)CO)cc1. The lowest BCUT2D eigenvalue weighted by atomic mass is 9.89. The van der Waals surface area contributed by atoms with Crippen molar-refractivity contribution in [3.63, 3.8) is 0 Å². The van der Waals surface area contributed by atoms with E-state index in [2.05, 4.69) is 50.4 Å². The Morgan fingerprint density at radius 3 is 2.41 bits per heavy atom. The summed E-state index contributed by atoms with van der Waals surface area (Å²) in [4.78, 5) is 0. The summed E-state index contributed by atoms with van der Waals surface area (Å²) >= 11 is 0. The van der Waals surface area contributed by atoms with Gasteiger partial charge in [-0.1, -0.05) is 43.7 Å². The molecule has 2 heteroatoms. The average molecular weight is 235 g/mol. The van der Waals surface area contributed by atoms with Crippen molar-refractivity contribution in [1.82, 2.24) is 5.32 Å². The fourth-order valence-electron chi connectivity index (χ4n) is 1.71. The van der Waals surface area contributed by atoms with Crippen LogP contribution >= 0.6 is 0 Å². The van der Waals surface area contributed by atoms with E-state index < -0.39 is 0 Å². The van der Waals surface area contributed by atoms with E-state index in [1.807, 2.05) is 0 Å². The van der Waals surface area contributed by atoms with Crippen molar-refractivity contribution < 1.29 is 5.11 Å². The Hall–Kier alpha value is -0.860. The monoisotopic (exact) mass is 235 g/mol. The topological polar surface area (TPSA) is 32.3 Å². The molecule has 0 unspecified atom stereocenters.